The minimum Gasteiger partial charge on any atom is -0.352 e. The second kappa shape index (κ2) is 10.6. The molecule has 0 fully saturated rings. The Labute approximate surface area is 204 Å². The predicted octanol–water partition coefficient (Wildman–Crippen LogP) is 3.27. The van der Waals surface area contributed by atoms with Crippen LogP contribution in [-0.2, 0) is 27.9 Å². The van der Waals surface area contributed by atoms with E-state index < -0.39 is 10.0 Å². The minimum atomic E-state index is -3.75. The van der Waals surface area contributed by atoms with Crippen LogP contribution in [0.3, 0.4) is 0 Å². The molecular weight excluding hydrogens is 464 g/mol. The summed E-state index contributed by atoms with van der Waals surface area (Å²) < 4.78 is 29.2. The molecule has 0 saturated carbocycles. The Hall–Kier alpha value is -3.82. The zero-order valence-electron chi connectivity index (χ0n) is 19.3. The number of carbonyl (C=O) groups is 2. The van der Waals surface area contributed by atoms with E-state index in [0.717, 1.165) is 22.2 Å². The monoisotopic (exact) mass is 490 g/mol. The number of aromatic nitrogens is 2. The summed E-state index contributed by atoms with van der Waals surface area (Å²) in [5, 5.41) is 2.81. The van der Waals surface area contributed by atoms with Crippen LogP contribution in [0.25, 0.3) is 11.0 Å². The highest BCUT2D eigenvalue weighted by Gasteiger charge is 2.14. The lowest BCUT2D eigenvalue weighted by Gasteiger charge is -2.09. The van der Waals surface area contributed by atoms with Gasteiger partial charge in [0.05, 0.1) is 22.3 Å². The molecule has 4 rings (SSSR count). The van der Waals surface area contributed by atoms with Gasteiger partial charge < -0.3 is 9.88 Å². The highest BCUT2D eigenvalue weighted by atomic mass is 32.2. The molecule has 8 nitrogen and oxygen atoms in total. The van der Waals surface area contributed by atoms with Crippen molar-refractivity contribution in [1.82, 2.24) is 19.6 Å². The lowest BCUT2D eigenvalue weighted by molar-refractivity contribution is -0.121. The van der Waals surface area contributed by atoms with Crippen LogP contribution >= 0.6 is 0 Å². The van der Waals surface area contributed by atoms with Crippen molar-refractivity contribution in [2.24, 2.45) is 0 Å². The second-order valence-electron chi connectivity index (χ2n) is 8.18. The van der Waals surface area contributed by atoms with Crippen LogP contribution in [0.1, 0.15) is 34.8 Å². The number of nitrogens with zero attached hydrogens (tertiary/aromatic N) is 2. The Balaban J connectivity index is 1.23. The SMILES string of the molecule is CC(=O)c1ccc(S(=O)(=O)NCCC(=O)NCc2ccc(Cn3cnc4ccccc43)cc2)cc1. The summed E-state index contributed by atoms with van der Waals surface area (Å²) >= 11 is 0. The molecule has 1 heterocycles. The molecule has 0 aliphatic heterocycles. The van der Waals surface area contributed by atoms with Crippen molar-refractivity contribution < 1.29 is 18.0 Å². The van der Waals surface area contributed by atoms with E-state index >= 15 is 0 Å². The second-order valence-corrected chi connectivity index (χ2v) is 9.95. The summed E-state index contributed by atoms with van der Waals surface area (Å²) in [4.78, 5) is 28.0. The van der Waals surface area contributed by atoms with Crippen LogP contribution in [0, 0.1) is 0 Å². The van der Waals surface area contributed by atoms with Crippen LogP contribution in [0.4, 0.5) is 0 Å². The van der Waals surface area contributed by atoms with Crippen LogP contribution in [0.15, 0.2) is 84.0 Å². The summed E-state index contributed by atoms with van der Waals surface area (Å²) in [7, 11) is -3.75. The topological polar surface area (TPSA) is 110 Å². The van der Waals surface area contributed by atoms with Gasteiger partial charge in [-0.1, -0.05) is 48.5 Å². The Morgan fingerprint density at radius 1 is 0.914 bits per heavy atom. The van der Waals surface area contributed by atoms with Crippen molar-refractivity contribution in [3.63, 3.8) is 0 Å². The van der Waals surface area contributed by atoms with Gasteiger partial charge in [-0.15, -0.1) is 0 Å². The molecule has 0 bridgehead atoms. The fourth-order valence-corrected chi connectivity index (χ4v) is 4.67. The lowest BCUT2D eigenvalue weighted by atomic mass is 10.1. The fraction of sp³-hybridized carbons (Fsp3) is 0.192. The van der Waals surface area contributed by atoms with Crippen molar-refractivity contribution >= 4 is 32.7 Å². The number of ketones is 1. The van der Waals surface area contributed by atoms with E-state index in [1.54, 1.807) is 0 Å². The molecule has 4 aromatic rings. The van der Waals surface area contributed by atoms with E-state index in [4.69, 9.17) is 0 Å². The van der Waals surface area contributed by atoms with Gasteiger partial charge >= 0.3 is 0 Å². The maximum Gasteiger partial charge on any atom is 0.240 e. The number of imidazole rings is 1. The highest BCUT2D eigenvalue weighted by Crippen LogP contribution is 2.15. The maximum absolute atomic E-state index is 12.4. The van der Waals surface area contributed by atoms with E-state index in [2.05, 4.69) is 19.6 Å². The average Bonchev–Trinajstić information content (AvgIpc) is 3.26. The first-order valence-electron chi connectivity index (χ1n) is 11.2. The highest BCUT2D eigenvalue weighted by molar-refractivity contribution is 7.89. The molecule has 0 aliphatic carbocycles. The van der Waals surface area contributed by atoms with Crippen LogP contribution in [0.2, 0.25) is 0 Å². The molecule has 1 amide bonds. The third kappa shape index (κ3) is 6.20. The van der Waals surface area contributed by atoms with E-state index in [1.165, 1.54) is 31.2 Å². The van der Waals surface area contributed by atoms with Crippen LogP contribution in [0.5, 0.6) is 0 Å². The van der Waals surface area contributed by atoms with Gasteiger partial charge in [0, 0.05) is 31.6 Å². The molecule has 1 aromatic heterocycles. The number of hydrogen-bond donors (Lipinski definition) is 2. The molecule has 0 saturated heterocycles. The fourth-order valence-electron chi connectivity index (χ4n) is 3.64. The van der Waals surface area contributed by atoms with E-state index in [1.807, 2.05) is 54.9 Å². The van der Waals surface area contributed by atoms with Crippen molar-refractivity contribution in [2.45, 2.75) is 31.3 Å². The molecule has 0 radical (unpaired) electrons. The standard InChI is InChI=1S/C26H26N4O4S/c1-19(31)22-10-12-23(13-11-22)35(33,34)29-15-14-26(32)27-16-20-6-8-21(9-7-20)17-30-18-28-24-4-2-3-5-25(24)30/h2-13,18,29H,14-17H2,1H3,(H,27,32). The number of para-hydroxylation sites is 2. The van der Waals surface area contributed by atoms with Gasteiger partial charge in [-0.25, -0.2) is 18.1 Å². The first kappa shape index (κ1) is 24.3. The number of Topliss-reactive ketones (excluding diaryl/α,β-unsaturated/α-hetero) is 1. The first-order chi connectivity index (χ1) is 16.8. The van der Waals surface area contributed by atoms with Crippen molar-refractivity contribution in [1.29, 1.82) is 0 Å². The number of fused-ring (bicyclic) bond motifs is 1. The number of sulfonamides is 1. The molecule has 2 N–H and O–H groups in total. The number of hydrogen-bond acceptors (Lipinski definition) is 5. The minimum absolute atomic E-state index is 0.0105. The van der Waals surface area contributed by atoms with Gasteiger partial charge in [-0.05, 0) is 42.3 Å². The lowest BCUT2D eigenvalue weighted by Crippen LogP contribution is -2.30. The largest absolute Gasteiger partial charge is 0.352 e. The third-order valence-corrected chi connectivity index (χ3v) is 7.09. The van der Waals surface area contributed by atoms with Crippen LogP contribution in [-0.4, -0.2) is 36.2 Å². The van der Waals surface area contributed by atoms with Gasteiger partial charge in [-0.2, -0.15) is 0 Å². The Kier molecular flexibility index (Phi) is 7.38. The molecule has 0 spiro atoms. The number of benzene rings is 3. The molecule has 9 heteroatoms. The zero-order chi connectivity index (χ0) is 24.8. The zero-order valence-corrected chi connectivity index (χ0v) is 20.1. The van der Waals surface area contributed by atoms with Gasteiger partial charge in [0.15, 0.2) is 5.78 Å². The van der Waals surface area contributed by atoms with Crippen molar-refractivity contribution in [3.8, 4) is 0 Å². The molecule has 180 valence electrons. The summed E-state index contributed by atoms with van der Waals surface area (Å²) in [5.74, 6) is -0.395. The Bertz CT molecular complexity index is 1440. The van der Waals surface area contributed by atoms with Gasteiger partial charge in [0.1, 0.15) is 0 Å². The van der Waals surface area contributed by atoms with Crippen LogP contribution < -0.4 is 10.0 Å². The van der Waals surface area contributed by atoms with Crippen molar-refractivity contribution in [2.75, 3.05) is 6.54 Å². The van der Waals surface area contributed by atoms with E-state index in [0.29, 0.717) is 18.7 Å². The number of amides is 1. The molecule has 0 aliphatic rings. The maximum atomic E-state index is 12.4. The summed E-state index contributed by atoms with van der Waals surface area (Å²) in [6, 6.07) is 21.6. The van der Waals surface area contributed by atoms with Gasteiger partial charge in [-0.3, -0.25) is 9.59 Å². The number of rotatable bonds is 10. The number of carbonyl (C=O) groups excluding carboxylic acids is 2. The third-order valence-electron chi connectivity index (χ3n) is 5.61. The predicted molar refractivity (Wildman–Crippen MR) is 133 cm³/mol. The quantitative estimate of drug-likeness (QED) is 0.332. The van der Waals surface area contributed by atoms with Crippen molar-refractivity contribution in [3.05, 3.63) is 95.8 Å². The molecule has 35 heavy (non-hydrogen) atoms. The first-order valence-corrected chi connectivity index (χ1v) is 12.7. The normalized spacial score (nSPS) is 11.5. The summed E-state index contributed by atoms with van der Waals surface area (Å²) in [6.07, 6.45) is 1.84. The molecule has 3 aromatic carbocycles. The smallest absolute Gasteiger partial charge is 0.240 e. The molecule has 0 atom stereocenters. The average molecular weight is 491 g/mol. The summed E-state index contributed by atoms with van der Waals surface area (Å²) in [6.45, 7) is 2.44. The molecule has 0 unspecified atom stereocenters. The summed E-state index contributed by atoms with van der Waals surface area (Å²) in [5.41, 5.74) is 4.54. The van der Waals surface area contributed by atoms with E-state index in [-0.39, 0.29) is 29.6 Å². The van der Waals surface area contributed by atoms with E-state index in [9.17, 15) is 18.0 Å². The Morgan fingerprint density at radius 3 is 2.31 bits per heavy atom. The van der Waals surface area contributed by atoms with Gasteiger partial charge in [0.2, 0.25) is 15.9 Å². The van der Waals surface area contributed by atoms with Gasteiger partial charge in [0.25, 0.3) is 0 Å². The molecular formula is C26H26N4O4S. The number of nitrogens with one attached hydrogen (secondary N) is 2. The Morgan fingerprint density at radius 2 is 1.60 bits per heavy atom.